The number of alkyl halides is 3. The first-order chi connectivity index (χ1) is 13.0. The van der Waals surface area contributed by atoms with Crippen LogP contribution in [0.5, 0.6) is 0 Å². The molecule has 1 aliphatic carbocycles. The molecule has 0 aliphatic heterocycles. The summed E-state index contributed by atoms with van der Waals surface area (Å²) in [6.07, 6.45) is -0.864. The van der Waals surface area contributed by atoms with E-state index in [1.165, 1.54) is 11.9 Å². The van der Waals surface area contributed by atoms with E-state index in [2.05, 4.69) is 13.2 Å². The van der Waals surface area contributed by atoms with Gasteiger partial charge in [0.25, 0.3) is 0 Å². The van der Waals surface area contributed by atoms with Crippen LogP contribution in [0.3, 0.4) is 0 Å². The van der Waals surface area contributed by atoms with Crippen LogP contribution < -0.4 is 0 Å². The predicted molar refractivity (Wildman–Crippen MR) is 102 cm³/mol. The van der Waals surface area contributed by atoms with Crippen LogP contribution in [0.2, 0.25) is 0 Å². The average Bonchev–Trinajstić information content (AvgIpc) is 2.59. The summed E-state index contributed by atoms with van der Waals surface area (Å²) in [6, 6.07) is 2.51. The lowest BCUT2D eigenvalue weighted by molar-refractivity contribution is -0.114. The first-order valence-corrected chi connectivity index (χ1v) is 9.29. The van der Waals surface area contributed by atoms with Crippen LogP contribution in [0.4, 0.5) is 22.0 Å². The average molecular weight is 399 g/mol. The van der Waals surface area contributed by atoms with E-state index in [9.17, 15) is 22.0 Å². The van der Waals surface area contributed by atoms with Crippen LogP contribution >= 0.6 is 0 Å². The Hall–Kier alpha value is -2.11. The largest absolute Gasteiger partial charge is 0.431 e. The van der Waals surface area contributed by atoms with Gasteiger partial charge in [-0.2, -0.15) is 13.2 Å². The third-order valence-electron chi connectivity index (χ3n) is 5.43. The Morgan fingerprint density at radius 2 is 1.64 bits per heavy atom. The van der Waals surface area contributed by atoms with E-state index in [-0.39, 0.29) is 23.6 Å². The Labute approximate surface area is 163 Å². The molecule has 0 bridgehead atoms. The van der Waals surface area contributed by atoms with E-state index in [1.54, 1.807) is 0 Å². The fourth-order valence-corrected chi connectivity index (χ4v) is 3.93. The topological polar surface area (TPSA) is 3.24 Å². The van der Waals surface area contributed by atoms with Crippen LogP contribution in [0.1, 0.15) is 38.2 Å². The highest BCUT2D eigenvalue weighted by molar-refractivity contribution is 5.34. The molecule has 2 rings (SSSR count). The molecular formula is C22H26F5N. The minimum Gasteiger partial charge on any atom is -0.367 e. The fraction of sp³-hybridized carbons (Fsp3) is 0.455. The zero-order chi connectivity index (χ0) is 21.1. The molecule has 0 spiro atoms. The highest BCUT2D eigenvalue weighted by Gasteiger charge is 2.41. The summed E-state index contributed by atoms with van der Waals surface area (Å²) in [7, 11) is 1.43. The minimum atomic E-state index is -4.60. The third kappa shape index (κ3) is 5.46. The van der Waals surface area contributed by atoms with E-state index in [0.717, 1.165) is 36.6 Å². The van der Waals surface area contributed by atoms with Crippen LogP contribution in [0.15, 0.2) is 54.3 Å². The number of nitrogens with zero attached hydrogens (tertiary/aromatic N) is 1. The molecule has 0 aromatic heterocycles. The van der Waals surface area contributed by atoms with E-state index in [4.69, 9.17) is 0 Å². The number of hydrogen-bond acceptors (Lipinski definition) is 1. The maximum Gasteiger partial charge on any atom is 0.431 e. The SMILES string of the molecule is C=C/C(Cc1cc(F)cc(F)c1)=C(\N(C)C1CCC(C(=C)C)CC1)C(F)(F)F. The van der Waals surface area contributed by atoms with Crippen molar-refractivity contribution in [2.75, 3.05) is 7.05 Å². The summed E-state index contributed by atoms with van der Waals surface area (Å²) in [5.41, 5.74) is 0.300. The standard InChI is InChI=1S/C22H26F5N/c1-5-16(10-15-11-18(23)13-19(24)12-15)21(22(25,26)27)28(4)20-8-6-17(7-9-20)14(2)3/h5,11-13,17,20H,1-2,6-10H2,3-4H3/b21-16+. The summed E-state index contributed by atoms with van der Waals surface area (Å²) in [4.78, 5) is 1.27. The van der Waals surface area contributed by atoms with Gasteiger partial charge in [-0.05, 0) is 68.2 Å². The van der Waals surface area contributed by atoms with Gasteiger partial charge in [0.2, 0.25) is 0 Å². The first kappa shape index (κ1) is 22.2. The maximum absolute atomic E-state index is 13.9. The molecule has 1 aromatic carbocycles. The van der Waals surface area contributed by atoms with Gasteiger partial charge in [0.05, 0.1) is 0 Å². The van der Waals surface area contributed by atoms with Crippen molar-refractivity contribution in [1.29, 1.82) is 0 Å². The number of halogens is 5. The van der Waals surface area contributed by atoms with Crippen molar-refractivity contribution in [1.82, 2.24) is 4.90 Å². The third-order valence-corrected chi connectivity index (χ3v) is 5.43. The van der Waals surface area contributed by atoms with Crippen molar-refractivity contribution in [3.05, 3.63) is 71.5 Å². The molecule has 0 heterocycles. The second kappa shape index (κ2) is 8.93. The molecule has 1 saturated carbocycles. The Balaban J connectivity index is 2.34. The molecule has 0 radical (unpaired) electrons. The molecule has 1 nitrogen and oxygen atoms in total. The summed E-state index contributed by atoms with van der Waals surface area (Å²) < 4.78 is 68.7. The smallest absolute Gasteiger partial charge is 0.367 e. The highest BCUT2D eigenvalue weighted by atomic mass is 19.4. The normalized spacial score (nSPS) is 21.1. The van der Waals surface area contributed by atoms with Crippen molar-refractivity contribution in [3.8, 4) is 0 Å². The number of allylic oxidation sites excluding steroid dienone is 4. The number of rotatable bonds is 6. The van der Waals surface area contributed by atoms with E-state index in [1.807, 2.05) is 6.92 Å². The summed E-state index contributed by atoms with van der Waals surface area (Å²) in [5.74, 6) is -1.30. The number of hydrogen-bond donors (Lipinski definition) is 0. The molecule has 1 aliphatic rings. The second-order valence-electron chi connectivity index (χ2n) is 7.49. The summed E-state index contributed by atoms with van der Waals surface area (Å²) in [5, 5.41) is 0. The lowest BCUT2D eigenvalue weighted by Gasteiger charge is -2.38. The van der Waals surface area contributed by atoms with Gasteiger partial charge in [-0.25, -0.2) is 8.78 Å². The highest BCUT2D eigenvalue weighted by Crippen LogP contribution is 2.38. The van der Waals surface area contributed by atoms with Gasteiger partial charge in [-0.15, -0.1) is 0 Å². The van der Waals surface area contributed by atoms with Gasteiger partial charge in [-0.1, -0.05) is 24.8 Å². The quantitative estimate of drug-likeness (QED) is 0.297. The Kier molecular flexibility index (Phi) is 7.07. The fourth-order valence-electron chi connectivity index (χ4n) is 3.93. The van der Waals surface area contributed by atoms with Gasteiger partial charge < -0.3 is 4.90 Å². The second-order valence-corrected chi connectivity index (χ2v) is 7.49. The Morgan fingerprint density at radius 1 is 1.11 bits per heavy atom. The molecular weight excluding hydrogens is 373 g/mol. The van der Waals surface area contributed by atoms with Crippen LogP contribution in [-0.4, -0.2) is 24.2 Å². The van der Waals surface area contributed by atoms with Gasteiger partial charge in [0.15, 0.2) is 0 Å². The van der Waals surface area contributed by atoms with E-state index in [0.29, 0.717) is 24.8 Å². The molecule has 28 heavy (non-hydrogen) atoms. The molecule has 0 unspecified atom stereocenters. The Bertz CT molecular complexity index is 734. The molecule has 1 aromatic rings. The van der Waals surface area contributed by atoms with Crippen molar-refractivity contribution < 1.29 is 22.0 Å². The van der Waals surface area contributed by atoms with Crippen LogP contribution in [-0.2, 0) is 6.42 Å². The van der Waals surface area contributed by atoms with E-state index >= 15 is 0 Å². The van der Waals surface area contributed by atoms with E-state index < -0.39 is 23.5 Å². The summed E-state index contributed by atoms with van der Waals surface area (Å²) in [6.45, 7) is 9.41. The van der Waals surface area contributed by atoms with Gasteiger partial charge in [-0.3, -0.25) is 0 Å². The molecule has 0 atom stereocenters. The van der Waals surface area contributed by atoms with Gasteiger partial charge >= 0.3 is 6.18 Å². The molecule has 1 fully saturated rings. The molecule has 0 saturated heterocycles. The monoisotopic (exact) mass is 399 g/mol. The van der Waals surface area contributed by atoms with Crippen LogP contribution in [0, 0.1) is 17.6 Å². The minimum absolute atomic E-state index is 0.0953. The molecule has 6 heteroatoms. The zero-order valence-corrected chi connectivity index (χ0v) is 16.3. The Morgan fingerprint density at radius 3 is 2.07 bits per heavy atom. The zero-order valence-electron chi connectivity index (χ0n) is 16.3. The van der Waals surface area contributed by atoms with Crippen molar-refractivity contribution in [3.63, 3.8) is 0 Å². The number of benzene rings is 1. The van der Waals surface area contributed by atoms with Gasteiger partial charge in [0.1, 0.15) is 17.3 Å². The maximum atomic E-state index is 13.9. The van der Waals surface area contributed by atoms with Crippen LogP contribution in [0.25, 0.3) is 0 Å². The molecule has 0 N–H and O–H groups in total. The first-order valence-electron chi connectivity index (χ1n) is 9.29. The van der Waals surface area contributed by atoms with Crippen molar-refractivity contribution in [2.45, 2.75) is 51.2 Å². The molecule has 0 amide bonds. The predicted octanol–water partition coefficient (Wildman–Crippen LogP) is 6.58. The summed E-state index contributed by atoms with van der Waals surface area (Å²) >= 11 is 0. The van der Waals surface area contributed by atoms with Crippen molar-refractivity contribution >= 4 is 0 Å². The molecule has 154 valence electrons. The van der Waals surface area contributed by atoms with Gasteiger partial charge in [0, 0.05) is 19.2 Å². The lowest BCUT2D eigenvalue weighted by atomic mass is 9.82. The lowest BCUT2D eigenvalue weighted by Crippen LogP contribution is -2.40. The van der Waals surface area contributed by atoms with Crippen molar-refractivity contribution in [2.24, 2.45) is 5.92 Å².